The summed E-state index contributed by atoms with van der Waals surface area (Å²) in [5.74, 6) is -0.768. The number of benzene rings is 2. The van der Waals surface area contributed by atoms with E-state index >= 15 is 0 Å². The molecule has 4 atom stereocenters. The quantitative estimate of drug-likeness (QED) is 0.354. The molecule has 0 unspecified atom stereocenters. The van der Waals surface area contributed by atoms with Crippen molar-refractivity contribution in [1.82, 2.24) is 4.90 Å². The van der Waals surface area contributed by atoms with Crippen LogP contribution in [0.25, 0.3) is 0 Å². The van der Waals surface area contributed by atoms with E-state index in [2.05, 4.69) is 0 Å². The molecular formula is C19H17N3O5S. The van der Waals surface area contributed by atoms with Crippen LogP contribution in [0.2, 0.25) is 0 Å². The van der Waals surface area contributed by atoms with Gasteiger partial charge in [-0.05, 0) is 23.3 Å². The van der Waals surface area contributed by atoms with Crippen LogP contribution in [0.3, 0.4) is 0 Å². The van der Waals surface area contributed by atoms with Gasteiger partial charge >= 0.3 is 5.97 Å². The minimum atomic E-state index is -0.747. The lowest BCUT2D eigenvalue weighted by atomic mass is 9.99. The summed E-state index contributed by atoms with van der Waals surface area (Å²) in [6.07, 6.45) is 0. The molecule has 4 rings (SSSR count). The van der Waals surface area contributed by atoms with Gasteiger partial charge in [0.1, 0.15) is 24.1 Å². The molecule has 0 radical (unpaired) electrons. The fraction of sp³-hybridized carbons (Fsp3) is 0.263. The molecule has 2 saturated heterocycles. The second-order valence-corrected chi connectivity index (χ2v) is 7.87. The van der Waals surface area contributed by atoms with Crippen LogP contribution in [0.5, 0.6) is 0 Å². The van der Waals surface area contributed by atoms with Crippen LogP contribution >= 0.6 is 11.8 Å². The van der Waals surface area contributed by atoms with E-state index in [1.165, 1.54) is 40.9 Å². The second-order valence-electron chi connectivity index (χ2n) is 6.61. The van der Waals surface area contributed by atoms with Crippen molar-refractivity contribution >= 4 is 29.3 Å². The molecule has 9 heteroatoms. The van der Waals surface area contributed by atoms with Crippen LogP contribution in [0.1, 0.15) is 16.4 Å². The van der Waals surface area contributed by atoms with E-state index < -0.39 is 23.0 Å². The summed E-state index contributed by atoms with van der Waals surface area (Å²) in [7, 11) is 0. The van der Waals surface area contributed by atoms with Gasteiger partial charge in [-0.3, -0.25) is 14.9 Å². The Labute approximate surface area is 164 Å². The van der Waals surface area contributed by atoms with Crippen LogP contribution < -0.4 is 5.73 Å². The molecule has 1 amide bonds. The van der Waals surface area contributed by atoms with Gasteiger partial charge in [0.15, 0.2) is 0 Å². The third-order valence-corrected chi connectivity index (χ3v) is 6.51. The molecule has 8 nitrogen and oxygen atoms in total. The summed E-state index contributed by atoms with van der Waals surface area (Å²) in [4.78, 5) is 36.8. The Morgan fingerprint density at radius 1 is 1.18 bits per heavy atom. The summed E-state index contributed by atoms with van der Waals surface area (Å²) in [6.45, 7) is -0.0295. The normalized spacial score (nSPS) is 25.8. The van der Waals surface area contributed by atoms with Crippen molar-refractivity contribution in [3.8, 4) is 0 Å². The van der Waals surface area contributed by atoms with Gasteiger partial charge in [0.2, 0.25) is 5.91 Å². The zero-order valence-corrected chi connectivity index (χ0v) is 15.5. The number of hydrogen-bond donors (Lipinski definition) is 1. The number of carbonyl (C=O) groups is 2. The topological polar surface area (TPSA) is 116 Å². The number of esters is 1. The van der Waals surface area contributed by atoms with Crippen molar-refractivity contribution in [2.75, 3.05) is 0 Å². The molecule has 0 bridgehead atoms. The molecule has 2 aromatic carbocycles. The van der Waals surface area contributed by atoms with Crippen LogP contribution in [0.15, 0.2) is 54.6 Å². The number of nitro benzene ring substituents is 1. The first-order chi connectivity index (χ1) is 13.5. The Kier molecular flexibility index (Phi) is 4.78. The number of nitrogens with zero attached hydrogens (tertiary/aromatic N) is 2. The van der Waals surface area contributed by atoms with E-state index in [-0.39, 0.29) is 28.8 Å². The summed E-state index contributed by atoms with van der Waals surface area (Å²) in [5, 5.41) is 10.2. The average Bonchev–Trinajstić information content (AvgIpc) is 3.09. The maximum Gasteiger partial charge on any atom is 0.330 e. The number of rotatable bonds is 5. The average molecular weight is 399 g/mol. The number of fused-ring (bicyclic) bond motifs is 1. The fourth-order valence-corrected chi connectivity index (χ4v) is 5.08. The Bertz CT molecular complexity index is 921. The Morgan fingerprint density at radius 3 is 2.50 bits per heavy atom. The van der Waals surface area contributed by atoms with E-state index in [4.69, 9.17) is 10.5 Å². The second kappa shape index (κ2) is 7.25. The van der Waals surface area contributed by atoms with Gasteiger partial charge in [-0.25, -0.2) is 4.79 Å². The van der Waals surface area contributed by atoms with E-state index in [1.54, 1.807) is 0 Å². The van der Waals surface area contributed by atoms with Crippen molar-refractivity contribution in [3.05, 3.63) is 75.8 Å². The summed E-state index contributed by atoms with van der Waals surface area (Å²) >= 11 is 1.49. The highest BCUT2D eigenvalue weighted by molar-refractivity contribution is 8.00. The number of nitro groups is 1. The lowest BCUT2D eigenvalue weighted by molar-refractivity contribution is -0.384. The maximum absolute atomic E-state index is 12.8. The number of β-lactam (4-membered cyclic amide) rings is 1. The van der Waals surface area contributed by atoms with Crippen molar-refractivity contribution in [3.63, 3.8) is 0 Å². The largest absolute Gasteiger partial charge is 0.459 e. The van der Waals surface area contributed by atoms with Crippen LogP contribution in [0, 0.1) is 10.1 Å². The molecule has 2 aromatic rings. The molecule has 2 heterocycles. The molecule has 2 aliphatic heterocycles. The fourth-order valence-electron chi connectivity index (χ4n) is 3.42. The van der Waals surface area contributed by atoms with Crippen LogP contribution in [-0.2, 0) is 20.9 Å². The third kappa shape index (κ3) is 3.12. The first-order valence-electron chi connectivity index (χ1n) is 8.65. The molecule has 2 N–H and O–H groups in total. The standard InChI is InChI=1S/C19H17N3O5S/c20-14-17(23)21-15(16(28-18(14)21)12-4-2-1-3-5-12)19(24)27-10-11-6-8-13(9-7-11)22(25)26/h1-9,14-16,18H,10,20H2/t14-,15-,16-,18-/m1/s1. The number of amides is 1. The molecule has 0 saturated carbocycles. The zero-order chi connectivity index (χ0) is 19.8. The molecule has 144 valence electrons. The molecule has 2 aliphatic rings. The Hall–Kier alpha value is -2.91. The molecular weight excluding hydrogens is 382 g/mol. The number of hydrogen-bond acceptors (Lipinski definition) is 7. The number of ether oxygens (including phenoxy) is 1. The predicted molar refractivity (Wildman–Crippen MR) is 102 cm³/mol. The lowest BCUT2D eigenvalue weighted by Gasteiger charge is -2.41. The monoisotopic (exact) mass is 399 g/mol. The van der Waals surface area contributed by atoms with Gasteiger partial charge in [0.25, 0.3) is 5.69 Å². The highest BCUT2D eigenvalue weighted by Crippen LogP contribution is 2.51. The third-order valence-electron chi connectivity index (χ3n) is 4.89. The summed E-state index contributed by atoms with van der Waals surface area (Å²) in [5.41, 5.74) is 7.42. The van der Waals surface area contributed by atoms with Crippen molar-refractivity contribution in [2.45, 2.75) is 29.3 Å². The molecule has 0 spiro atoms. The molecule has 2 fully saturated rings. The Morgan fingerprint density at radius 2 is 1.86 bits per heavy atom. The van der Waals surface area contributed by atoms with Gasteiger partial charge < -0.3 is 15.4 Å². The zero-order valence-electron chi connectivity index (χ0n) is 14.6. The molecule has 0 aliphatic carbocycles. The van der Waals surface area contributed by atoms with Gasteiger partial charge in [-0.15, -0.1) is 11.8 Å². The smallest absolute Gasteiger partial charge is 0.330 e. The predicted octanol–water partition coefficient (Wildman–Crippen LogP) is 1.99. The van der Waals surface area contributed by atoms with E-state index in [1.807, 2.05) is 30.3 Å². The number of carbonyl (C=O) groups excluding carboxylic acids is 2. The molecule has 28 heavy (non-hydrogen) atoms. The molecule has 0 aromatic heterocycles. The first kappa shape index (κ1) is 18.5. The number of non-ortho nitro benzene ring substituents is 1. The summed E-state index contributed by atoms with van der Waals surface area (Å²) in [6, 6.07) is 13.9. The highest BCUT2D eigenvalue weighted by atomic mass is 32.2. The van der Waals surface area contributed by atoms with Gasteiger partial charge in [-0.2, -0.15) is 0 Å². The SMILES string of the molecule is N[C@@H]1C(=O)N2[C@@H]1S[C@H](c1ccccc1)[C@@H]2C(=O)OCc1ccc([N+](=O)[O-])cc1. The van der Waals surface area contributed by atoms with Gasteiger partial charge in [-0.1, -0.05) is 30.3 Å². The van der Waals surface area contributed by atoms with E-state index in [0.29, 0.717) is 5.56 Å². The summed E-state index contributed by atoms with van der Waals surface area (Å²) < 4.78 is 5.44. The number of thioether (sulfide) groups is 1. The highest BCUT2D eigenvalue weighted by Gasteiger charge is 2.60. The first-order valence-corrected chi connectivity index (χ1v) is 9.60. The van der Waals surface area contributed by atoms with Crippen LogP contribution in [0.4, 0.5) is 5.69 Å². The minimum absolute atomic E-state index is 0.0295. The van der Waals surface area contributed by atoms with Crippen molar-refractivity contribution in [1.29, 1.82) is 0 Å². The Balaban J connectivity index is 1.50. The van der Waals surface area contributed by atoms with Crippen molar-refractivity contribution in [2.24, 2.45) is 5.73 Å². The van der Waals surface area contributed by atoms with Crippen LogP contribution in [-0.4, -0.2) is 39.2 Å². The maximum atomic E-state index is 12.8. The minimum Gasteiger partial charge on any atom is -0.459 e. The van der Waals surface area contributed by atoms with Gasteiger partial charge in [0, 0.05) is 12.1 Å². The van der Waals surface area contributed by atoms with E-state index in [0.717, 1.165) is 5.56 Å². The van der Waals surface area contributed by atoms with Crippen molar-refractivity contribution < 1.29 is 19.2 Å². The lowest BCUT2D eigenvalue weighted by Crippen LogP contribution is -2.68. The van der Waals surface area contributed by atoms with Gasteiger partial charge in [0.05, 0.1) is 10.2 Å². The number of nitrogens with two attached hydrogens (primary N) is 1. The van der Waals surface area contributed by atoms with E-state index in [9.17, 15) is 19.7 Å².